The maximum Gasteiger partial charge on any atom is 0.251 e. The molecule has 2 aromatic heterocycles. The summed E-state index contributed by atoms with van der Waals surface area (Å²) in [5.74, 6) is 1.87. The van der Waals surface area contributed by atoms with E-state index >= 15 is 0 Å². The number of H-pyrrole nitrogens is 1. The normalized spacial score (nSPS) is 20.6. The molecule has 1 N–H and O–H groups in total. The molecular formula is C20H30N5O. The molecular weight excluding hydrogens is 326 g/mol. The predicted octanol–water partition coefficient (Wildman–Crippen LogP) is 2.41. The van der Waals surface area contributed by atoms with Crippen molar-refractivity contribution in [3.63, 3.8) is 0 Å². The zero-order chi connectivity index (χ0) is 18.1. The molecule has 2 saturated heterocycles. The third kappa shape index (κ3) is 3.71. The fourth-order valence-corrected chi connectivity index (χ4v) is 4.48. The zero-order valence-corrected chi connectivity index (χ0v) is 16.0. The largest absolute Gasteiger partial charge is 0.307 e. The molecule has 4 rings (SSSR count). The van der Waals surface area contributed by atoms with Gasteiger partial charge in [-0.1, -0.05) is 13.8 Å². The van der Waals surface area contributed by atoms with Crippen LogP contribution in [0.2, 0.25) is 0 Å². The van der Waals surface area contributed by atoms with Crippen LogP contribution in [0.15, 0.2) is 17.1 Å². The maximum absolute atomic E-state index is 12.3. The van der Waals surface area contributed by atoms with Crippen LogP contribution in [0.5, 0.6) is 0 Å². The van der Waals surface area contributed by atoms with Crippen LogP contribution in [0.3, 0.4) is 0 Å². The predicted molar refractivity (Wildman–Crippen MR) is 103 cm³/mol. The van der Waals surface area contributed by atoms with E-state index in [0.717, 1.165) is 69.0 Å². The molecule has 2 fully saturated rings. The van der Waals surface area contributed by atoms with Crippen LogP contribution in [0.4, 0.5) is 0 Å². The topological polar surface area (TPSA) is 56.6 Å². The molecule has 0 atom stereocenters. The number of aromatic nitrogens is 3. The Kier molecular flexibility index (Phi) is 5.14. The van der Waals surface area contributed by atoms with Gasteiger partial charge in [-0.2, -0.15) is 5.10 Å². The summed E-state index contributed by atoms with van der Waals surface area (Å²) in [5.41, 5.74) is 3.10. The molecule has 0 aromatic carbocycles. The number of fused-ring (bicyclic) bond motifs is 1. The van der Waals surface area contributed by atoms with Gasteiger partial charge in [-0.15, -0.1) is 0 Å². The van der Waals surface area contributed by atoms with Crippen LogP contribution in [-0.2, 0) is 6.54 Å². The van der Waals surface area contributed by atoms with Gasteiger partial charge in [0.05, 0.1) is 11.9 Å². The number of piperidine rings is 1. The van der Waals surface area contributed by atoms with Gasteiger partial charge in [0.25, 0.3) is 5.56 Å². The van der Waals surface area contributed by atoms with Crippen molar-refractivity contribution < 1.29 is 0 Å². The van der Waals surface area contributed by atoms with Crippen LogP contribution >= 0.6 is 0 Å². The van der Waals surface area contributed by atoms with Gasteiger partial charge in [-0.3, -0.25) is 9.69 Å². The second-order valence-electron chi connectivity index (χ2n) is 8.23. The van der Waals surface area contributed by atoms with E-state index in [-0.39, 0.29) is 5.56 Å². The Balaban J connectivity index is 1.56. The number of nitrogens with one attached hydrogen (secondary N) is 1. The highest BCUT2D eigenvalue weighted by atomic mass is 16.1. The second-order valence-corrected chi connectivity index (χ2v) is 8.23. The first-order chi connectivity index (χ1) is 12.6. The van der Waals surface area contributed by atoms with E-state index in [1.165, 1.54) is 18.8 Å². The van der Waals surface area contributed by atoms with Crippen molar-refractivity contribution in [2.75, 3.05) is 32.7 Å². The first kappa shape index (κ1) is 17.7. The van der Waals surface area contributed by atoms with E-state index in [9.17, 15) is 4.79 Å². The minimum absolute atomic E-state index is 0.00385. The van der Waals surface area contributed by atoms with Gasteiger partial charge in [0.2, 0.25) is 0 Å². The van der Waals surface area contributed by atoms with Gasteiger partial charge >= 0.3 is 0 Å². The fourth-order valence-electron chi connectivity index (χ4n) is 4.48. The lowest BCUT2D eigenvalue weighted by molar-refractivity contribution is 0.217. The first-order valence-electron chi connectivity index (χ1n) is 9.94. The molecule has 0 bridgehead atoms. The van der Waals surface area contributed by atoms with E-state index in [2.05, 4.69) is 33.7 Å². The third-order valence-electron chi connectivity index (χ3n) is 5.75. The number of hydrogen-bond donors (Lipinski definition) is 1. The fraction of sp³-hybridized carbons (Fsp3) is 0.650. The van der Waals surface area contributed by atoms with Gasteiger partial charge in [-0.25, -0.2) is 4.52 Å². The molecule has 6 heteroatoms. The van der Waals surface area contributed by atoms with Crippen LogP contribution in [0, 0.1) is 5.92 Å². The highest BCUT2D eigenvalue weighted by Gasteiger charge is 2.25. The average molecular weight is 356 g/mol. The van der Waals surface area contributed by atoms with E-state index in [0.29, 0.717) is 5.92 Å². The summed E-state index contributed by atoms with van der Waals surface area (Å²) in [7, 11) is 0. The first-order valence-corrected chi connectivity index (χ1v) is 9.94. The Morgan fingerprint density at radius 3 is 2.58 bits per heavy atom. The van der Waals surface area contributed by atoms with Crippen molar-refractivity contribution in [1.29, 1.82) is 0 Å². The molecule has 0 spiro atoms. The Bertz CT molecular complexity index is 794. The van der Waals surface area contributed by atoms with Crippen molar-refractivity contribution in [3.8, 4) is 0 Å². The SMILES string of the molecule is C[C](C)CN1CCC(c2cc(=O)[nH]c3c(CN4CCCC4)cnn23)CC1. The lowest BCUT2D eigenvalue weighted by atomic mass is 9.92. The monoisotopic (exact) mass is 356 g/mol. The van der Waals surface area contributed by atoms with Crippen LogP contribution in [0.25, 0.3) is 5.65 Å². The second kappa shape index (κ2) is 7.53. The number of nitrogens with zero attached hydrogens (tertiary/aromatic N) is 4. The van der Waals surface area contributed by atoms with Crippen molar-refractivity contribution in [2.45, 2.75) is 52.0 Å². The summed E-state index contributed by atoms with van der Waals surface area (Å²) in [6.45, 7) is 10.8. The molecule has 6 nitrogen and oxygen atoms in total. The molecule has 0 amide bonds. The van der Waals surface area contributed by atoms with Crippen molar-refractivity contribution >= 4 is 5.65 Å². The highest BCUT2D eigenvalue weighted by molar-refractivity contribution is 5.47. The maximum atomic E-state index is 12.3. The van der Waals surface area contributed by atoms with E-state index in [1.54, 1.807) is 6.07 Å². The van der Waals surface area contributed by atoms with Crippen molar-refractivity contribution in [2.24, 2.45) is 0 Å². The lowest BCUT2D eigenvalue weighted by Gasteiger charge is -2.32. The van der Waals surface area contributed by atoms with Gasteiger partial charge in [0, 0.05) is 30.6 Å². The Hall–Kier alpha value is -1.66. The molecule has 2 aromatic rings. The van der Waals surface area contributed by atoms with Gasteiger partial charge < -0.3 is 9.88 Å². The van der Waals surface area contributed by atoms with E-state index in [1.807, 2.05) is 10.7 Å². The van der Waals surface area contributed by atoms with Crippen molar-refractivity contribution in [1.82, 2.24) is 24.4 Å². The quantitative estimate of drug-likeness (QED) is 0.894. The number of rotatable bonds is 5. The average Bonchev–Trinajstić information content (AvgIpc) is 3.25. The minimum Gasteiger partial charge on any atom is -0.307 e. The molecule has 2 aliphatic heterocycles. The number of aromatic amines is 1. The molecule has 0 aliphatic carbocycles. The molecule has 4 heterocycles. The molecule has 141 valence electrons. The third-order valence-corrected chi connectivity index (χ3v) is 5.75. The molecule has 0 saturated carbocycles. The minimum atomic E-state index is -0.00385. The van der Waals surface area contributed by atoms with Gasteiger partial charge in [-0.05, 0) is 57.8 Å². The van der Waals surface area contributed by atoms with Crippen LogP contribution < -0.4 is 5.56 Å². The van der Waals surface area contributed by atoms with Crippen LogP contribution in [0.1, 0.15) is 56.7 Å². The van der Waals surface area contributed by atoms with Crippen LogP contribution in [-0.4, -0.2) is 57.1 Å². The smallest absolute Gasteiger partial charge is 0.251 e. The van der Waals surface area contributed by atoms with Crippen molar-refractivity contribution in [3.05, 3.63) is 39.8 Å². The molecule has 26 heavy (non-hydrogen) atoms. The summed E-state index contributed by atoms with van der Waals surface area (Å²) in [5, 5.41) is 4.65. The van der Waals surface area contributed by atoms with Gasteiger partial charge in [0.15, 0.2) is 0 Å². The molecule has 2 aliphatic rings. The molecule has 1 radical (unpaired) electrons. The van der Waals surface area contributed by atoms with E-state index < -0.39 is 0 Å². The summed E-state index contributed by atoms with van der Waals surface area (Å²) in [6, 6.07) is 1.76. The highest BCUT2D eigenvalue weighted by Crippen LogP contribution is 2.28. The summed E-state index contributed by atoms with van der Waals surface area (Å²) in [4.78, 5) is 20.3. The Labute approximate surface area is 155 Å². The lowest BCUT2D eigenvalue weighted by Crippen LogP contribution is -2.35. The molecule has 0 unspecified atom stereocenters. The standard InChI is InChI=1S/C20H30N5O/c1-15(2)13-24-9-5-16(6-10-24)18-11-19(26)22-20-17(12-21-25(18)20)14-23-7-3-4-8-23/h11-12,16H,3-10,13-14H2,1-2H3,(H,22,26). The summed E-state index contributed by atoms with van der Waals surface area (Å²) < 4.78 is 1.99. The Morgan fingerprint density at radius 1 is 1.15 bits per heavy atom. The number of likely N-dealkylation sites (tertiary alicyclic amines) is 2. The summed E-state index contributed by atoms with van der Waals surface area (Å²) in [6.07, 6.45) is 6.67. The number of hydrogen-bond acceptors (Lipinski definition) is 4. The van der Waals surface area contributed by atoms with E-state index in [4.69, 9.17) is 0 Å². The zero-order valence-electron chi connectivity index (χ0n) is 16.0. The van der Waals surface area contributed by atoms with Gasteiger partial charge in [0.1, 0.15) is 5.65 Å². The Morgan fingerprint density at radius 2 is 1.88 bits per heavy atom. The summed E-state index contributed by atoms with van der Waals surface area (Å²) >= 11 is 0.